The Morgan fingerprint density at radius 1 is 1.29 bits per heavy atom. The molecule has 1 heterocycles. The first kappa shape index (κ1) is 14.1. The Labute approximate surface area is 107 Å². The molecule has 0 spiro atoms. The van der Waals surface area contributed by atoms with E-state index in [1.54, 1.807) is 0 Å². The lowest BCUT2D eigenvalue weighted by atomic mass is 10.0. The zero-order valence-corrected chi connectivity index (χ0v) is 11.1. The molecule has 1 unspecified atom stereocenters. The molecule has 0 radical (unpaired) electrons. The zero-order valence-electron chi connectivity index (χ0n) is 9.50. The largest absolute Gasteiger partial charge is 0.379 e. The number of fused-ring (bicyclic) bond motifs is 1. The fourth-order valence-electron chi connectivity index (χ4n) is 1.57. The topological polar surface area (TPSA) is 3.24 Å². The van der Waals surface area contributed by atoms with Crippen LogP contribution in [0.2, 0.25) is 0 Å². The van der Waals surface area contributed by atoms with E-state index in [-0.39, 0.29) is 0 Å². The first-order chi connectivity index (χ1) is 7.91. The first-order valence-corrected chi connectivity index (χ1v) is 5.84. The highest BCUT2D eigenvalue weighted by Crippen LogP contribution is 2.29. The third-order valence-corrected chi connectivity index (χ3v) is 3.03. The Morgan fingerprint density at radius 2 is 1.88 bits per heavy atom. The molecule has 1 aromatic carbocycles. The molecule has 5 heteroatoms. The maximum absolute atomic E-state index is 9.67. The summed E-state index contributed by atoms with van der Waals surface area (Å²) in [6.07, 6.45) is 4.40. The summed E-state index contributed by atoms with van der Waals surface area (Å²) in [5.41, 5.74) is 2.59. The molecule has 1 atom stereocenters. The van der Waals surface area contributed by atoms with Crippen LogP contribution in [-0.4, -0.2) is 19.8 Å². The van der Waals surface area contributed by atoms with E-state index < -0.39 is 6.68 Å². The summed E-state index contributed by atoms with van der Waals surface area (Å²) < 4.78 is 30.1. The summed E-state index contributed by atoms with van der Waals surface area (Å²) in [4.78, 5) is 2.28. The molecule has 0 fully saturated rings. The van der Waals surface area contributed by atoms with Gasteiger partial charge in [0.2, 0.25) is 0 Å². The maximum Gasteiger partial charge on any atom is 0.379 e. The second-order valence-electron chi connectivity index (χ2n) is 3.66. The number of benzene rings is 1. The van der Waals surface area contributed by atoms with Crippen LogP contribution in [0.1, 0.15) is 12.5 Å². The lowest BCUT2D eigenvalue weighted by Gasteiger charge is -2.29. The number of anilines is 1. The molecule has 1 aromatic rings. The van der Waals surface area contributed by atoms with Gasteiger partial charge in [-0.25, -0.2) is 0 Å². The summed E-state index contributed by atoms with van der Waals surface area (Å²) in [7, 11) is 2.13. The van der Waals surface area contributed by atoms with E-state index in [1.165, 1.54) is 11.3 Å². The predicted octanol–water partition coefficient (Wildman–Crippen LogP) is 4.48. The molecular weight excluding hydrogens is 295 g/mol. The van der Waals surface area contributed by atoms with Crippen molar-refractivity contribution in [2.75, 3.05) is 11.9 Å². The number of hydrogen-bond donors (Lipinski definition) is 0. The van der Waals surface area contributed by atoms with Gasteiger partial charge >= 0.3 is 6.68 Å². The van der Waals surface area contributed by atoms with Gasteiger partial charge < -0.3 is 4.90 Å². The van der Waals surface area contributed by atoms with Crippen molar-refractivity contribution >= 4 is 27.7 Å². The molecule has 1 aliphatic rings. The first-order valence-electron chi connectivity index (χ1n) is 5.04. The number of hydrogen-bond acceptors (Lipinski definition) is 1. The molecule has 0 bridgehead atoms. The average Bonchev–Trinajstić information content (AvgIpc) is 2.23. The third kappa shape index (κ3) is 4.07. The van der Waals surface area contributed by atoms with Gasteiger partial charge in [-0.2, -0.15) is 13.2 Å². The molecule has 0 saturated heterocycles. The zero-order chi connectivity index (χ0) is 13.0. The molecule has 17 heavy (non-hydrogen) atoms. The van der Waals surface area contributed by atoms with Crippen molar-refractivity contribution in [3.05, 3.63) is 34.3 Å². The van der Waals surface area contributed by atoms with Crippen LogP contribution in [0.3, 0.4) is 0 Å². The minimum Gasteiger partial charge on any atom is -0.368 e. The van der Waals surface area contributed by atoms with E-state index in [4.69, 9.17) is 0 Å². The van der Waals surface area contributed by atoms with E-state index in [9.17, 15) is 13.2 Å². The van der Waals surface area contributed by atoms with Crippen LogP contribution in [0.5, 0.6) is 0 Å². The van der Waals surface area contributed by atoms with Gasteiger partial charge in [0.15, 0.2) is 0 Å². The number of halogens is 4. The Balaban J connectivity index is 0.000000317. The molecular formula is C12H13BrF3N. The predicted molar refractivity (Wildman–Crippen MR) is 68.2 cm³/mol. The van der Waals surface area contributed by atoms with Crippen LogP contribution in [0.15, 0.2) is 28.7 Å². The van der Waals surface area contributed by atoms with Gasteiger partial charge in [0.05, 0.1) is 0 Å². The van der Waals surface area contributed by atoms with Gasteiger partial charge in [0.25, 0.3) is 0 Å². The van der Waals surface area contributed by atoms with Crippen molar-refractivity contribution in [3.8, 4) is 0 Å². The minimum atomic E-state index is -3.67. The van der Waals surface area contributed by atoms with Gasteiger partial charge in [0.1, 0.15) is 0 Å². The Kier molecular flexibility index (Phi) is 5.05. The summed E-state index contributed by atoms with van der Waals surface area (Å²) in [5.74, 6) is 0. The Hall–Kier alpha value is -0.970. The maximum atomic E-state index is 9.67. The van der Waals surface area contributed by atoms with Crippen LogP contribution in [-0.2, 0) is 0 Å². The quantitative estimate of drug-likeness (QED) is 0.683. The van der Waals surface area contributed by atoms with Crippen molar-refractivity contribution in [1.29, 1.82) is 0 Å². The van der Waals surface area contributed by atoms with Gasteiger partial charge in [0, 0.05) is 23.2 Å². The Bertz CT molecular complexity index is 404. The van der Waals surface area contributed by atoms with Crippen molar-refractivity contribution in [2.24, 2.45) is 0 Å². The van der Waals surface area contributed by atoms with Crippen molar-refractivity contribution in [2.45, 2.75) is 19.6 Å². The molecule has 0 aromatic heterocycles. The highest BCUT2D eigenvalue weighted by Gasteiger charge is 2.14. The van der Waals surface area contributed by atoms with Crippen LogP contribution in [0.25, 0.3) is 6.08 Å². The van der Waals surface area contributed by atoms with E-state index in [1.807, 2.05) is 0 Å². The molecule has 94 valence electrons. The number of nitrogens with zero attached hydrogens (tertiary/aromatic N) is 1. The van der Waals surface area contributed by atoms with Crippen molar-refractivity contribution in [1.82, 2.24) is 0 Å². The summed E-state index contributed by atoms with van der Waals surface area (Å²) in [6, 6.07) is 6.88. The van der Waals surface area contributed by atoms with Crippen molar-refractivity contribution < 1.29 is 13.2 Å². The highest BCUT2D eigenvalue weighted by atomic mass is 79.9. The molecule has 0 saturated carbocycles. The van der Waals surface area contributed by atoms with E-state index in [2.05, 4.69) is 65.2 Å². The molecule has 2 rings (SSSR count). The fourth-order valence-corrected chi connectivity index (χ4v) is 1.95. The normalized spacial score (nSPS) is 17.6. The van der Waals surface area contributed by atoms with Gasteiger partial charge in [-0.3, -0.25) is 0 Å². The SMILES string of the molecule is CC1C=Cc2cc(Br)ccc2N1C.FC(F)F. The van der Waals surface area contributed by atoms with Gasteiger partial charge in [-0.1, -0.05) is 28.1 Å². The second-order valence-corrected chi connectivity index (χ2v) is 4.58. The van der Waals surface area contributed by atoms with Crippen LogP contribution in [0.4, 0.5) is 18.9 Å². The number of likely N-dealkylation sites (N-methyl/N-ethyl adjacent to an activating group) is 1. The molecule has 0 N–H and O–H groups in total. The van der Waals surface area contributed by atoms with E-state index >= 15 is 0 Å². The summed E-state index contributed by atoms with van der Waals surface area (Å²) in [6.45, 7) is -1.47. The molecule has 1 aliphatic heterocycles. The fraction of sp³-hybridized carbons (Fsp3) is 0.333. The molecule has 0 aliphatic carbocycles. The minimum absolute atomic E-state index is 0.494. The smallest absolute Gasteiger partial charge is 0.368 e. The lowest BCUT2D eigenvalue weighted by molar-refractivity contribution is 0.00819. The lowest BCUT2D eigenvalue weighted by Crippen LogP contribution is -2.29. The van der Waals surface area contributed by atoms with Crippen molar-refractivity contribution in [3.63, 3.8) is 0 Å². The van der Waals surface area contributed by atoms with Gasteiger partial charge in [-0.05, 0) is 30.7 Å². The van der Waals surface area contributed by atoms with Crippen LogP contribution >= 0.6 is 15.9 Å². The molecule has 0 amide bonds. The highest BCUT2D eigenvalue weighted by molar-refractivity contribution is 9.10. The average molecular weight is 308 g/mol. The third-order valence-electron chi connectivity index (χ3n) is 2.53. The van der Waals surface area contributed by atoms with E-state index in [0.717, 1.165) is 4.47 Å². The second kappa shape index (κ2) is 6.10. The van der Waals surface area contributed by atoms with E-state index in [0.29, 0.717) is 6.04 Å². The summed E-state index contributed by atoms with van der Waals surface area (Å²) in [5, 5.41) is 0. The number of alkyl halides is 3. The summed E-state index contributed by atoms with van der Waals surface area (Å²) >= 11 is 3.47. The van der Waals surface area contributed by atoms with Crippen LogP contribution in [0, 0.1) is 0 Å². The number of rotatable bonds is 0. The molecule has 1 nitrogen and oxygen atoms in total. The Morgan fingerprint density at radius 3 is 2.47 bits per heavy atom. The van der Waals surface area contributed by atoms with Gasteiger partial charge in [-0.15, -0.1) is 0 Å². The standard InChI is InChI=1S/C11H12BrN.CHF3/c1-8-3-4-9-7-10(12)5-6-11(9)13(8)2;2-1(3)4/h3-8H,1-2H3;1H. The van der Waals surface area contributed by atoms with Crippen LogP contribution < -0.4 is 4.90 Å². The monoisotopic (exact) mass is 307 g/mol.